The van der Waals surface area contributed by atoms with Gasteiger partial charge in [0.15, 0.2) is 0 Å². The minimum Gasteiger partial charge on any atom is -0.465 e. The Morgan fingerprint density at radius 1 is 1.77 bits per heavy atom. The number of hydrogen-bond acceptors (Lipinski definition) is 2. The Kier molecular flexibility index (Phi) is 3.87. The Morgan fingerprint density at radius 2 is 2.62 bits per heavy atom. The van der Waals surface area contributed by atoms with Crippen LogP contribution < -0.4 is 0 Å². The first-order valence-electron chi connectivity index (χ1n) is 4.09. The second kappa shape index (κ2) is 5.23. The van der Waals surface area contributed by atoms with E-state index in [0.717, 1.165) is 5.76 Å². The average molecular weight is 176 g/mol. The molecule has 1 aromatic heterocycles. The summed E-state index contributed by atoms with van der Waals surface area (Å²) in [6.45, 7) is 2.26. The lowest BCUT2D eigenvalue weighted by Gasteiger charge is -2.03. The summed E-state index contributed by atoms with van der Waals surface area (Å²) in [5.74, 6) is 3.23. The minimum atomic E-state index is 0.0150. The third-order valence-electron chi connectivity index (χ3n) is 1.50. The summed E-state index contributed by atoms with van der Waals surface area (Å²) in [4.78, 5) is 0. The van der Waals surface area contributed by atoms with Crippen LogP contribution in [0.3, 0.4) is 0 Å². The van der Waals surface area contributed by atoms with Gasteiger partial charge in [-0.3, -0.25) is 0 Å². The molecule has 0 aliphatic heterocycles. The SMILES string of the molecule is C#CCOC(C)/C=C/c1ccco1. The molecule has 1 heterocycles. The van der Waals surface area contributed by atoms with Crippen LogP contribution in [0.4, 0.5) is 0 Å². The standard InChI is InChI=1S/C11H12O2/c1-3-8-12-10(2)6-7-11-5-4-9-13-11/h1,4-7,9-10H,8H2,2H3/b7-6+. The molecule has 0 amide bonds. The van der Waals surface area contributed by atoms with Crippen molar-refractivity contribution in [1.82, 2.24) is 0 Å². The van der Waals surface area contributed by atoms with Crippen molar-refractivity contribution >= 4 is 6.08 Å². The number of hydrogen-bond donors (Lipinski definition) is 0. The predicted octanol–water partition coefficient (Wildman–Crippen LogP) is 2.33. The van der Waals surface area contributed by atoms with Crippen molar-refractivity contribution in [2.75, 3.05) is 6.61 Å². The van der Waals surface area contributed by atoms with E-state index in [2.05, 4.69) is 5.92 Å². The molecule has 0 radical (unpaired) electrons. The Bertz CT molecular complexity index is 290. The Morgan fingerprint density at radius 3 is 3.23 bits per heavy atom. The van der Waals surface area contributed by atoms with Crippen LogP contribution in [0, 0.1) is 12.3 Å². The molecule has 2 nitrogen and oxygen atoms in total. The summed E-state index contributed by atoms with van der Waals surface area (Å²) in [7, 11) is 0. The van der Waals surface area contributed by atoms with Crippen molar-refractivity contribution in [1.29, 1.82) is 0 Å². The summed E-state index contributed by atoms with van der Waals surface area (Å²) >= 11 is 0. The van der Waals surface area contributed by atoms with Crippen molar-refractivity contribution in [3.05, 3.63) is 30.2 Å². The smallest absolute Gasteiger partial charge is 0.126 e. The van der Waals surface area contributed by atoms with Gasteiger partial charge in [-0.2, -0.15) is 0 Å². The van der Waals surface area contributed by atoms with Gasteiger partial charge < -0.3 is 9.15 Å². The molecule has 68 valence electrons. The molecule has 0 saturated heterocycles. The van der Waals surface area contributed by atoms with Crippen molar-refractivity contribution < 1.29 is 9.15 Å². The molecule has 13 heavy (non-hydrogen) atoms. The van der Waals surface area contributed by atoms with Crippen LogP contribution in [0.2, 0.25) is 0 Å². The highest BCUT2D eigenvalue weighted by Gasteiger charge is 1.94. The third kappa shape index (κ3) is 3.64. The highest BCUT2D eigenvalue weighted by molar-refractivity contribution is 5.42. The van der Waals surface area contributed by atoms with Crippen LogP contribution in [0.1, 0.15) is 12.7 Å². The fourth-order valence-corrected chi connectivity index (χ4v) is 0.852. The quantitative estimate of drug-likeness (QED) is 0.657. The molecule has 0 aliphatic carbocycles. The zero-order valence-corrected chi connectivity index (χ0v) is 7.57. The molecule has 0 saturated carbocycles. The molecule has 2 heteroatoms. The number of furan rings is 1. The van der Waals surface area contributed by atoms with Crippen LogP contribution in [0.25, 0.3) is 6.08 Å². The topological polar surface area (TPSA) is 22.4 Å². The van der Waals surface area contributed by atoms with Crippen LogP contribution >= 0.6 is 0 Å². The zero-order valence-electron chi connectivity index (χ0n) is 7.57. The van der Waals surface area contributed by atoms with Crippen molar-refractivity contribution in [2.45, 2.75) is 13.0 Å². The van der Waals surface area contributed by atoms with E-state index in [0.29, 0.717) is 6.61 Å². The third-order valence-corrected chi connectivity index (χ3v) is 1.50. The lowest BCUT2D eigenvalue weighted by molar-refractivity contribution is 0.128. The van der Waals surface area contributed by atoms with Gasteiger partial charge >= 0.3 is 0 Å². The summed E-state index contributed by atoms with van der Waals surface area (Å²) < 4.78 is 10.3. The molecule has 0 aliphatic rings. The number of terminal acetylenes is 1. The Balaban J connectivity index is 2.36. The van der Waals surface area contributed by atoms with Gasteiger partial charge in [-0.05, 0) is 25.1 Å². The van der Waals surface area contributed by atoms with Crippen LogP contribution in [-0.2, 0) is 4.74 Å². The van der Waals surface area contributed by atoms with Crippen LogP contribution in [0.15, 0.2) is 28.9 Å². The molecule has 0 fully saturated rings. The highest BCUT2D eigenvalue weighted by atomic mass is 16.5. The van der Waals surface area contributed by atoms with E-state index in [4.69, 9.17) is 15.6 Å². The first-order valence-corrected chi connectivity index (χ1v) is 4.09. The fraction of sp³-hybridized carbons (Fsp3) is 0.273. The number of ether oxygens (including phenoxy) is 1. The van der Waals surface area contributed by atoms with Gasteiger partial charge in [0.25, 0.3) is 0 Å². The summed E-state index contributed by atoms with van der Waals surface area (Å²) in [5, 5.41) is 0. The molecule has 0 spiro atoms. The van der Waals surface area contributed by atoms with E-state index in [1.807, 2.05) is 31.2 Å². The van der Waals surface area contributed by atoms with Crippen molar-refractivity contribution in [3.63, 3.8) is 0 Å². The van der Waals surface area contributed by atoms with E-state index >= 15 is 0 Å². The first-order chi connectivity index (χ1) is 6.33. The molecule has 1 rings (SSSR count). The monoisotopic (exact) mass is 176 g/mol. The van der Waals surface area contributed by atoms with Gasteiger partial charge in [-0.15, -0.1) is 6.42 Å². The van der Waals surface area contributed by atoms with Gasteiger partial charge in [0.2, 0.25) is 0 Å². The first kappa shape index (κ1) is 9.63. The number of rotatable bonds is 4. The minimum absolute atomic E-state index is 0.0150. The summed E-state index contributed by atoms with van der Waals surface area (Å²) in [5.41, 5.74) is 0. The maximum atomic E-state index is 5.22. The van der Waals surface area contributed by atoms with Crippen molar-refractivity contribution in [2.24, 2.45) is 0 Å². The average Bonchev–Trinajstić information content (AvgIpc) is 2.64. The van der Waals surface area contributed by atoms with Gasteiger partial charge in [-0.25, -0.2) is 0 Å². The fourth-order valence-electron chi connectivity index (χ4n) is 0.852. The highest BCUT2D eigenvalue weighted by Crippen LogP contribution is 2.04. The van der Waals surface area contributed by atoms with E-state index in [-0.39, 0.29) is 6.10 Å². The molecule has 0 bridgehead atoms. The molecule has 1 aromatic rings. The van der Waals surface area contributed by atoms with E-state index in [9.17, 15) is 0 Å². The van der Waals surface area contributed by atoms with E-state index < -0.39 is 0 Å². The van der Waals surface area contributed by atoms with Crippen molar-refractivity contribution in [3.8, 4) is 12.3 Å². The van der Waals surface area contributed by atoms with Gasteiger partial charge in [-0.1, -0.05) is 12.0 Å². The second-order valence-corrected chi connectivity index (χ2v) is 2.59. The van der Waals surface area contributed by atoms with Crippen LogP contribution in [-0.4, -0.2) is 12.7 Å². The predicted molar refractivity (Wildman–Crippen MR) is 52.0 cm³/mol. The summed E-state index contributed by atoms with van der Waals surface area (Å²) in [6.07, 6.45) is 10.5. The zero-order chi connectivity index (χ0) is 9.52. The van der Waals surface area contributed by atoms with Gasteiger partial charge in [0, 0.05) is 0 Å². The maximum absolute atomic E-state index is 5.22. The Hall–Kier alpha value is -1.46. The summed E-state index contributed by atoms with van der Waals surface area (Å²) in [6, 6.07) is 3.72. The largest absolute Gasteiger partial charge is 0.465 e. The second-order valence-electron chi connectivity index (χ2n) is 2.59. The molecule has 1 unspecified atom stereocenters. The molecule has 0 N–H and O–H groups in total. The molecular formula is C11H12O2. The van der Waals surface area contributed by atoms with E-state index in [1.54, 1.807) is 6.26 Å². The normalized spacial score (nSPS) is 12.9. The van der Waals surface area contributed by atoms with Gasteiger partial charge in [0.1, 0.15) is 12.4 Å². The maximum Gasteiger partial charge on any atom is 0.126 e. The molecule has 1 atom stereocenters. The lowest BCUT2D eigenvalue weighted by atomic mass is 10.3. The molecular weight excluding hydrogens is 164 g/mol. The van der Waals surface area contributed by atoms with E-state index in [1.165, 1.54) is 0 Å². The molecule has 0 aromatic carbocycles. The lowest BCUT2D eigenvalue weighted by Crippen LogP contribution is -2.03. The van der Waals surface area contributed by atoms with Crippen LogP contribution in [0.5, 0.6) is 0 Å². The van der Waals surface area contributed by atoms with Gasteiger partial charge in [0.05, 0.1) is 12.4 Å². The Labute approximate surface area is 78.2 Å².